The largest absolute Gasteiger partial charge is 0.469 e. The number of unbranched alkanes of at least 4 members (excludes halogenated alkanes) is 2. The van der Waals surface area contributed by atoms with Gasteiger partial charge in [-0.3, -0.25) is 0 Å². The quantitative estimate of drug-likeness (QED) is 0.816. The van der Waals surface area contributed by atoms with Crippen LogP contribution in [0.25, 0.3) is 5.57 Å². The normalized spacial score (nSPS) is 26.2. The Morgan fingerprint density at radius 2 is 2.05 bits per heavy atom. The molecule has 1 aromatic heterocycles. The van der Waals surface area contributed by atoms with E-state index in [0.29, 0.717) is 0 Å². The molecule has 2 aromatic rings. The minimum absolute atomic E-state index is 0.0988. The van der Waals surface area contributed by atoms with Crippen molar-refractivity contribution >= 4 is 5.57 Å². The Bertz CT molecular complexity index is 637. The van der Waals surface area contributed by atoms with Crippen molar-refractivity contribution in [2.45, 2.75) is 44.6 Å². The molecular weight excluding hydrogens is 258 g/mol. The van der Waals surface area contributed by atoms with Crippen LogP contribution in [0.2, 0.25) is 0 Å². The number of hydrogen-bond acceptors (Lipinski definition) is 2. The number of furan rings is 1. The first-order valence-electron chi connectivity index (χ1n) is 7.78. The molecule has 2 atom stereocenters. The Hall–Kier alpha value is -1.80. The third-order valence-corrected chi connectivity index (χ3v) is 4.48. The van der Waals surface area contributed by atoms with Gasteiger partial charge in [-0.25, -0.2) is 0 Å². The molecule has 1 aromatic carbocycles. The second-order valence-corrected chi connectivity index (χ2v) is 6.08. The summed E-state index contributed by atoms with van der Waals surface area (Å²) < 4.78 is 5.70. The molecule has 0 spiro atoms. The van der Waals surface area contributed by atoms with Crippen LogP contribution in [-0.2, 0) is 5.54 Å². The Kier molecular flexibility index (Phi) is 3.73. The molecule has 3 rings (SSSR count). The van der Waals surface area contributed by atoms with Gasteiger partial charge in [-0.1, -0.05) is 50.1 Å². The average molecular weight is 281 g/mol. The highest BCUT2D eigenvalue weighted by atomic mass is 16.3. The Labute approximate surface area is 126 Å². The first-order chi connectivity index (χ1) is 10.2. The lowest BCUT2D eigenvalue weighted by atomic mass is 9.83. The van der Waals surface area contributed by atoms with Crippen LogP contribution in [0.15, 0.2) is 53.2 Å². The summed E-state index contributed by atoms with van der Waals surface area (Å²) in [5.74, 6) is 1.06. The first kappa shape index (κ1) is 14.2. The lowest BCUT2D eigenvalue weighted by Crippen LogP contribution is -2.36. The predicted octanol–water partition coefficient (Wildman–Crippen LogP) is 4.82. The predicted molar refractivity (Wildman–Crippen MR) is 86.9 cm³/mol. The number of allylic oxidation sites excluding steroid dienone is 1. The molecule has 1 heterocycles. The zero-order chi connectivity index (χ0) is 14.9. The van der Waals surface area contributed by atoms with Crippen molar-refractivity contribution in [3.05, 3.63) is 65.6 Å². The van der Waals surface area contributed by atoms with Crippen molar-refractivity contribution in [2.24, 2.45) is 5.73 Å². The molecule has 0 aliphatic heterocycles. The molecule has 2 nitrogen and oxygen atoms in total. The maximum Gasteiger partial charge on any atom is 0.113 e. The van der Waals surface area contributed by atoms with Crippen LogP contribution in [0.4, 0.5) is 0 Å². The van der Waals surface area contributed by atoms with Crippen LogP contribution in [0.3, 0.4) is 0 Å². The molecule has 0 bridgehead atoms. The van der Waals surface area contributed by atoms with E-state index in [1.807, 2.05) is 12.1 Å². The highest BCUT2D eigenvalue weighted by Gasteiger charge is 2.45. The fourth-order valence-electron chi connectivity index (χ4n) is 3.43. The van der Waals surface area contributed by atoms with Crippen molar-refractivity contribution in [3.63, 3.8) is 0 Å². The highest BCUT2D eigenvalue weighted by Crippen LogP contribution is 2.52. The summed E-state index contributed by atoms with van der Waals surface area (Å²) in [5.41, 5.74) is 10.1. The van der Waals surface area contributed by atoms with Crippen molar-refractivity contribution < 1.29 is 4.42 Å². The molecule has 2 N–H and O–H groups in total. The molecule has 0 saturated carbocycles. The first-order valence-corrected chi connectivity index (χ1v) is 7.78. The second kappa shape index (κ2) is 5.53. The van der Waals surface area contributed by atoms with Crippen LogP contribution >= 0.6 is 0 Å². The van der Waals surface area contributed by atoms with Crippen molar-refractivity contribution in [3.8, 4) is 0 Å². The monoisotopic (exact) mass is 281 g/mol. The molecular formula is C19H23NO. The van der Waals surface area contributed by atoms with Gasteiger partial charge in [0.1, 0.15) is 5.76 Å². The molecule has 0 radical (unpaired) electrons. The maximum absolute atomic E-state index is 6.72. The van der Waals surface area contributed by atoms with Gasteiger partial charge in [-0.15, -0.1) is 0 Å². The van der Waals surface area contributed by atoms with Crippen LogP contribution in [0.1, 0.15) is 55.9 Å². The summed E-state index contributed by atoms with van der Waals surface area (Å²) >= 11 is 0. The number of hydrogen-bond donors (Lipinski definition) is 1. The maximum atomic E-state index is 6.72. The van der Waals surface area contributed by atoms with Crippen molar-refractivity contribution in [2.75, 3.05) is 0 Å². The van der Waals surface area contributed by atoms with Crippen LogP contribution < -0.4 is 5.73 Å². The third kappa shape index (κ3) is 2.34. The summed E-state index contributed by atoms with van der Waals surface area (Å²) in [4.78, 5) is 0. The van der Waals surface area contributed by atoms with Crippen LogP contribution in [0, 0.1) is 0 Å². The van der Waals surface area contributed by atoms with Gasteiger partial charge in [0.25, 0.3) is 0 Å². The Morgan fingerprint density at radius 3 is 2.76 bits per heavy atom. The van der Waals surface area contributed by atoms with Gasteiger partial charge in [-0.05, 0) is 42.2 Å². The van der Waals surface area contributed by atoms with Crippen molar-refractivity contribution in [1.82, 2.24) is 0 Å². The molecule has 21 heavy (non-hydrogen) atoms. The molecule has 1 aliphatic carbocycles. The molecule has 0 fully saturated rings. The van der Waals surface area contributed by atoms with E-state index >= 15 is 0 Å². The SMILES string of the molecule is CCCC/C=C1/c2ccccc2[C@](C)(N)[C@@H]1c1ccco1. The molecule has 0 amide bonds. The van der Waals surface area contributed by atoms with E-state index in [9.17, 15) is 0 Å². The topological polar surface area (TPSA) is 39.2 Å². The van der Waals surface area contributed by atoms with E-state index in [1.165, 1.54) is 29.5 Å². The van der Waals surface area contributed by atoms with Gasteiger partial charge in [0.15, 0.2) is 0 Å². The molecule has 2 heteroatoms. The van der Waals surface area contributed by atoms with Crippen LogP contribution in [-0.4, -0.2) is 0 Å². The summed E-state index contributed by atoms with van der Waals surface area (Å²) in [6, 6.07) is 12.5. The second-order valence-electron chi connectivity index (χ2n) is 6.08. The highest BCUT2D eigenvalue weighted by molar-refractivity contribution is 5.80. The Morgan fingerprint density at radius 1 is 1.24 bits per heavy atom. The smallest absolute Gasteiger partial charge is 0.113 e. The van der Waals surface area contributed by atoms with E-state index in [4.69, 9.17) is 10.2 Å². The fourth-order valence-corrected chi connectivity index (χ4v) is 3.43. The van der Waals surface area contributed by atoms with Gasteiger partial charge >= 0.3 is 0 Å². The fraction of sp³-hybridized carbons (Fsp3) is 0.368. The lowest BCUT2D eigenvalue weighted by molar-refractivity contribution is 0.396. The summed E-state index contributed by atoms with van der Waals surface area (Å²) in [6.45, 7) is 4.33. The van der Waals surface area contributed by atoms with E-state index < -0.39 is 5.54 Å². The Balaban J connectivity index is 2.11. The number of nitrogens with two attached hydrogens (primary N) is 1. The standard InChI is InChI=1S/C19H23NO/c1-3-4-5-10-15-14-9-6-7-11-16(14)19(2,20)18(15)17-12-8-13-21-17/h6-13,18H,3-5,20H2,1-2H3/b15-10-/t18-,19-/m0/s1. The zero-order valence-corrected chi connectivity index (χ0v) is 12.8. The van der Waals surface area contributed by atoms with Crippen LogP contribution in [0.5, 0.6) is 0 Å². The minimum atomic E-state index is -0.424. The molecule has 0 unspecified atom stereocenters. The van der Waals surface area contributed by atoms with Gasteiger partial charge in [0.2, 0.25) is 0 Å². The molecule has 110 valence electrons. The summed E-state index contributed by atoms with van der Waals surface area (Å²) in [5, 5.41) is 0. The van der Waals surface area contributed by atoms with Gasteiger partial charge in [0.05, 0.1) is 17.7 Å². The van der Waals surface area contributed by atoms with Gasteiger partial charge in [0, 0.05) is 0 Å². The van der Waals surface area contributed by atoms with E-state index in [1.54, 1.807) is 6.26 Å². The minimum Gasteiger partial charge on any atom is -0.469 e. The lowest BCUT2D eigenvalue weighted by Gasteiger charge is -2.27. The summed E-state index contributed by atoms with van der Waals surface area (Å²) in [6.07, 6.45) is 7.59. The third-order valence-electron chi connectivity index (χ3n) is 4.48. The van der Waals surface area contributed by atoms with Gasteiger partial charge in [-0.2, -0.15) is 0 Å². The zero-order valence-electron chi connectivity index (χ0n) is 12.8. The van der Waals surface area contributed by atoms with E-state index in [2.05, 4.69) is 44.2 Å². The molecule has 0 saturated heterocycles. The summed E-state index contributed by atoms with van der Waals surface area (Å²) in [7, 11) is 0. The number of benzene rings is 1. The number of fused-ring (bicyclic) bond motifs is 1. The van der Waals surface area contributed by atoms with Crippen molar-refractivity contribution in [1.29, 1.82) is 0 Å². The van der Waals surface area contributed by atoms with E-state index in [0.717, 1.165) is 12.2 Å². The van der Waals surface area contributed by atoms with Gasteiger partial charge < -0.3 is 10.2 Å². The van der Waals surface area contributed by atoms with E-state index in [-0.39, 0.29) is 5.92 Å². The average Bonchev–Trinajstić information content (AvgIpc) is 3.06. The number of rotatable bonds is 4. The molecule has 1 aliphatic rings.